The number of benzene rings is 1. The van der Waals surface area contributed by atoms with E-state index >= 15 is 0 Å². The van der Waals surface area contributed by atoms with E-state index < -0.39 is 0 Å². The number of nitrogens with zero attached hydrogens (tertiary/aromatic N) is 1. The number of hydrogen-bond donors (Lipinski definition) is 1. The average molecular weight is 311 g/mol. The van der Waals surface area contributed by atoms with Gasteiger partial charge >= 0.3 is 0 Å². The summed E-state index contributed by atoms with van der Waals surface area (Å²) in [5.74, 6) is -0.00768. The second-order valence-corrected chi connectivity index (χ2v) is 5.37. The Labute approximate surface area is 114 Å². The highest BCUT2D eigenvalue weighted by atomic mass is 79.9. The molecule has 0 aromatic heterocycles. The van der Waals surface area contributed by atoms with Crippen LogP contribution >= 0.6 is 15.9 Å². The van der Waals surface area contributed by atoms with Gasteiger partial charge in [-0.25, -0.2) is 0 Å². The first kappa shape index (κ1) is 13.1. The van der Waals surface area contributed by atoms with E-state index in [1.54, 1.807) is 6.07 Å². The van der Waals surface area contributed by atoms with Crippen LogP contribution in [0.5, 0.6) is 0 Å². The molecule has 4 nitrogen and oxygen atoms in total. The monoisotopic (exact) mass is 310 g/mol. The van der Waals surface area contributed by atoms with Gasteiger partial charge in [0.2, 0.25) is 5.91 Å². The Balaban J connectivity index is 2.15. The van der Waals surface area contributed by atoms with Crippen molar-refractivity contribution in [3.8, 4) is 0 Å². The van der Waals surface area contributed by atoms with Gasteiger partial charge in [0.15, 0.2) is 6.29 Å². The third-order valence-corrected chi connectivity index (χ3v) is 3.55. The molecule has 0 bridgehead atoms. The molecule has 1 aromatic carbocycles. The van der Waals surface area contributed by atoms with Gasteiger partial charge in [-0.3, -0.25) is 9.59 Å². The van der Waals surface area contributed by atoms with Crippen LogP contribution in [-0.2, 0) is 4.79 Å². The topological polar surface area (TPSA) is 49.4 Å². The molecule has 1 N–H and O–H groups in total. The average Bonchev–Trinajstić information content (AvgIpc) is 2.76. The molecule has 1 amide bonds. The van der Waals surface area contributed by atoms with Crippen LogP contribution < -0.4 is 10.2 Å². The van der Waals surface area contributed by atoms with Crippen LogP contribution in [0.15, 0.2) is 22.7 Å². The lowest BCUT2D eigenvalue weighted by Gasteiger charge is -2.20. The highest BCUT2D eigenvalue weighted by molar-refractivity contribution is 9.10. The Morgan fingerprint density at radius 2 is 2.33 bits per heavy atom. The summed E-state index contributed by atoms with van der Waals surface area (Å²) in [4.78, 5) is 24.2. The zero-order valence-electron chi connectivity index (χ0n) is 10.1. The third-order valence-electron chi connectivity index (χ3n) is 3.06. The molecule has 5 heteroatoms. The summed E-state index contributed by atoms with van der Waals surface area (Å²) in [6.45, 7) is 3.12. The van der Waals surface area contributed by atoms with Gasteiger partial charge in [-0.15, -0.1) is 0 Å². The Hall–Kier alpha value is -1.36. The van der Waals surface area contributed by atoms with Crippen molar-refractivity contribution in [1.29, 1.82) is 0 Å². The maximum Gasteiger partial charge on any atom is 0.217 e. The van der Waals surface area contributed by atoms with Crippen LogP contribution in [0.4, 0.5) is 5.69 Å². The Morgan fingerprint density at radius 3 is 3.00 bits per heavy atom. The normalized spacial score (nSPS) is 18.8. The number of nitrogens with one attached hydrogen (secondary N) is 1. The molecule has 0 saturated carbocycles. The summed E-state index contributed by atoms with van der Waals surface area (Å²) in [6.07, 6.45) is 1.78. The molecular formula is C13H15BrN2O2. The quantitative estimate of drug-likeness (QED) is 0.869. The Morgan fingerprint density at radius 1 is 1.56 bits per heavy atom. The molecule has 1 aliphatic rings. The van der Waals surface area contributed by atoms with Crippen LogP contribution in [0, 0.1) is 0 Å². The SMILES string of the molecule is CC(=O)NC1CCN(c2cc(Br)ccc2C=O)C1. The van der Waals surface area contributed by atoms with E-state index in [1.165, 1.54) is 6.92 Å². The lowest BCUT2D eigenvalue weighted by atomic mass is 10.2. The number of carbonyl (C=O) groups excluding carboxylic acids is 2. The molecule has 1 atom stereocenters. The number of amides is 1. The summed E-state index contributed by atoms with van der Waals surface area (Å²) < 4.78 is 0.950. The van der Waals surface area contributed by atoms with Crippen molar-refractivity contribution < 1.29 is 9.59 Å². The second-order valence-electron chi connectivity index (χ2n) is 4.45. The first-order valence-electron chi connectivity index (χ1n) is 5.87. The maximum absolute atomic E-state index is 11.0. The molecule has 1 unspecified atom stereocenters. The summed E-state index contributed by atoms with van der Waals surface area (Å²) in [5, 5.41) is 2.91. The highest BCUT2D eigenvalue weighted by Crippen LogP contribution is 2.27. The fourth-order valence-electron chi connectivity index (χ4n) is 2.27. The van der Waals surface area contributed by atoms with Gasteiger partial charge in [0, 0.05) is 41.8 Å². The molecule has 2 rings (SSSR count). The summed E-state index contributed by atoms with van der Waals surface area (Å²) in [5.41, 5.74) is 1.61. The molecule has 1 aromatic rings. The molecule has 1 aliphatic heterocycles. The van der Waals surface area contributed by atoms with Crippen LogP contribution in [0.25, 0.3) is 0 Å². The zero-order valence-corrected chi connectivity index (χ0v) is 11.7. The Bertz CT molecular complexity index is 476. The van der Waals surface area contributed by atoms with Crippen molar-refractivity contribution in [3.05, 3.63) is 28.2 Å². The predicted molar refractivity (Wildman–Crippen MR) is 74.0 cm³/mol. The zero-order chi connectivity index (χ0) is 13.1. The fourth-order valence-corrected chi connectivity index (χ4v) is 2.62. The van der Waals surface area contributed by atoms with Gasteiger partial charge in [0.1, 0.15) is 0 Å². The first-order chi connectivity index (χ1) is 8.60. The number of halogens is 1. The standard InChI is InChI=1S/C13H15BrN2O2/c1-9(18)15-12-4-5-16(7-12)13-6-11(14)3-2-10(13)8-17/h2-3,6,8,12H,4-5,7H2,1H3,(H,15,18). The fraction of sp³-hybridized carbons (Fsp3) is 0.385. The molecule has 1 saturated heterocycles. The van der Waals surface area contributed by atoms with Crippen LogP contribution in [0.1, 0.15) is 23.7 Å². The van der Waals surface area contributed by atoms with Gasteiger partial charge in [0.25, 0.3) is 0 Å². The van der Waals surface area contributed by atoms with Crippen molar-refractivity contribution in [1.82, 2.24) is 5.32 Å². The van der Waals surface area contributed by atoms with Gasteiger partial charge in [0.05, 0.1) is 0 Å². The van der Waals surface area contributed by atoms with E-state index in [0.29, 0.717) is 5.56 Å². The van der Waals surface area contributed by atoms with E-state index in [4.69, 9.17) is 0 Å². The van der Waals surface area contributed by atoms with Crippen molar-refractivity contribution in [2.45, 2.75) is 19.4 Å². The first-order valence-corrected chi connectivity index (χ1v) is 6.66. The minimum atomic E-state index is -0.00768. The number of aldehydes is 1. The molecule has 1 heterocycles. The molecule has 96 valence electrons. The number of anilines is 1. The lowest BCUT2D eigenvalue weighted by molar-refractivity contribution is -0.119. The van der Waals surface area contributed by atoms with Gasteiger partial charge in [-0.05, 0) is 24.6 Å². The lowest BCUT2D eigenvalue weighted by Crippen LogP contribution is -2.35. The minimum Gasteiger partial charge on any atom is -0.369 e. The van der Waals surface area contributed by atoms with Crippen LogP contribution in [-0.4, -0.2) is 31.3 Å². The van der Waals surface area contributed by atoms with Crippen LogP contribution in [0.2, 0.25) is 0 Å². The van der Waals surface area contributed by atoms with E-state index in [0.717, 1.165) is 36.0 Å². The number of hydrogen-bond acceptors (Lipinski definition) is 3. The van der Waals surface area contributed by atoms with Crippen molar-refractivity contribution in [2.75, 3.05) is 18.0 Å². The third kappa shape index (κ3) is 2.90. The van der Waals surface area contributed by atoms with Crippen LogP contribution in [0.3, 0.4) is 0 Å². The summed E-state index contributed by atoms with van der Waals surface area (Å²) in [7, 11) is 0. The maximum atomic E-state index is 11.0. The van der Waals surface area contributed by atoms with Gasteiger partial charge in [-0.1, -0.05) is 15.9 Å². The molecule has 1 fully saturated rings. The predicted octanol–water partition coefficient (Wildman–Crippen LogP) is 1.98. The van der Waals surface area contributed by atoms with Gasteiger partial charge in [-0.2, -0.15) is 0 Å². The smallest absolute Gasteiger partial charge is 0.217 e. The number of rotatable bonds is 3. The number of carbonyl (C=O) groups is 2. The van der Waals surface area contributed by atoms with E-state index in [1.807, 2.05) is 12.1 Å². The van der Waals surface area contributed by atoms with Crippen molar-refractivity contribution in [2.24, 2.45) is 0 Å². The van der Waals surface area contributed by atoms with Crippen molar-refractivity contribution >= 4 is 33.8 Å². The molecule has 0 spiro atoms. The van der Waals surface area contributed by atoms with E-state index in [2.05, 4.69) is 26.1 Å². The summed E-state index contributed by atoms with van der Waals surface area (Å²) in [6, 6.07) is 5.77. The molecule has 18 heavy (non-hydrogen) atoms. The van der Waals surface area contributed by atoms with E-state index in [-0.39, 0.29) is 11.9 Å². The molecular weight excluding hydrogens is 296 g/mol. The second kappa shape index (κ2) is 5.52. The van der Waals surface area contributed by atoms with E-state index in [9.17, 15) is 9.59 Å². The minimum absolute atomic E-state index is 0.00768. The summed E-state index contributed by atoms with van der Waals surface area (Å²) >= 11 is 3.42. The van der Waals surface area contributed by atoms with Gasteiger partial charge < -0.3 is 10.2 Å². The Kier molecular flexibility index (Phi) is 4.01. The molecule has 0 aliphatic carbocycles. The highest BCUT2D eigenvalue weighted by Gasteiger charge is 2.24. The largest absolute Gasteiger partial charge is 0.369 e. The molecule has 0 radical (unpaired) electrons. The van der Waals surface area contributed by atoms with Crippen molar-refractivity contribution in [3.63, 3.8) is 0 Å².